The van der Waals surface area contributed by atoms with Crippen molar-refractivity contribution in [1.29, 1.82) is 0 Å². The maximum Gasteiger partial charge on any atom is 0.704 e. The first-order valence-electron chi connectivity index (χ1n) is 5.37. The molecule has 0 aliphatic rings. The largest absolute Gasteiger partial charge is 0.704 e. The molecule has 0 spiro atoms. The summed E-state index contributed by atoms with van der Waals surface area (Å²) in [7, 11) is -2.53. The van der Waals surface area contributed by atoms with Gasteiger partial charge in [-0.05, 0) is 27.7 Å². The molecule has 0 radical (unpaired) electrons. The van der Waals surface area contributed by atoms with Gasteiger partial charge in [0.1, 0.15) is 0 Å². The summed E-state index contributed by atoms with van der Waals surface area (Å²) >= 11 is 0. The van der Waals surface area contributed by atoms with Gasteiger partial charge in [0.2, 0.25) is 13.6 Å². The van der Waals surface area contributed by atoms with Crippen molar-refractivity contribution >= 4 is 20.2 Å². The monoisotopic (exact) mass is 293 g/mol. The van der Waals surface area contributed by atoms with Crippen LogP contribution in [0.2, 0.25) is 0 Å². The molecule has 0 aliphatic heterocycles. The average Bonchev–Trinajstić information content (AvgIpc) is 2.27. The predicted molar refractivity (Wildman–Crippen MR) is 66.0 cm³/mol. The van der Waals surface area contributed by atoms with E-state index in [1.54, 1.807) is 20.8 Å². The zero-order valence-corrected chi connectivity index (χ0v) is 12.3. The first kappa shape index (κ1) is 17.7. The lowest BCUT2D eigenvalue weighted by Crippen LogP contribution is -2.23. The summed E-state index contributed by atoms with van der Waals surface area (Å²) in [5.41, 5.74) is -0.480. The first-order valence-corrected chi connectivity index (χ1v) is 6.47. The van der Waals surface area contributed by atoms with Crippen LogP contribution < -0.4 is 0 Å². The lowest BCUT2D eigenvalue weighted by Gasteiger charge is -2.14. The summed E-state index contributed by atoms with van der Waals surface area (Å²) in [6, 6.07) is 0. The fourth-order valence-corrected chi connectivity index (χ4v) is 0.975. The summed E-state index contributed by atoms with van der Waals surface area (Å²) < 4.78 is 29.5. The Kier molecular flexibility index (Phi) is 7.44. The van der Waals surface area contributed by atoms with Gasteiger partial charge in [-0.3, -0.25) is 4.79 Å². The van der Waals surface area contributed by atoms with E-state index in [-0.39, 0.29) is 5.57 Å². The molecule has 0 aromatic carbocycles. The third-order valence-electron chi connectivity index (χ3n) is 1.66. The van der Waals surface area contributed by atoms with E-state index in [1.165, 1.54) is 6.92 Å². The zero-order chi connectivity index (χ0) is 15.1. The van der Waals surface area contributed by atoms with Crippen molar-refractivity contribution in [2.24, 2.45) is 5.41 Å². The van der Waals surface area contributed by atoms with Gasteiger partial charge >= 0.3 is 20.2 Å². The Labute approximate surface area is 112 Å². The Morgan fingerprint density at radius 1 is 1.11 bits per heavy atom. The lowest BCUT2D eigenvalue weighted by molar-refractivity contribution is -0.159. The third-order valence-corrected chi connectivity index (χ3v) is 2.29. The topological polar surface area (TPSA) is 88.1 Å². The average molecular weight is 293 g/mol. The molecule has 7 nitrogen and oxygen atoms in total. The second-order valence-electron chi connectivity index (χ2n) is 4.61. The SMILES string of the molecule is C=C(C)C(=O)OCO[P+](=O)OCOC(=O)C(C)(C)C. The molecule has 19 heavy (non-hydrogen) atoms. The summed E-state index contributed by atoms with van der Waals surface area (Å²) in [6.07, 6.45) is 0. The minimum Gasteiger partial charge on any atom is -0.433 e. The minimum atomic E-state index is -2.53. The van der Waals surface area contributed by atoms with Crippen LogP contribution in [0.5, 0.6) is 0 Å². The maximum atomic E-state index is 11.3. The van der Waals surface area contributed by atoms with E-state index in [2.05, 4.69) is 20.4 Å². The van der Waals surface area contributed by atoms with Crippen LogP contribution >= 0.6 is 8.25 Å². The number of hydrogen-bond acceptors (Lipinski definition) is 7. The van der Waals surface area contributed by atoms with Crippen LogP contribution in [0.4, 0.5) is 0 Å². The summed E-state index contributed by atoms with van der Waals surface area (Å²) in [5.74, 6) is -1.16. The fraction of sp³-hybridized carbons (Fsp3) is 0.636. The normalized spacial score (nSPS) is 11.7. The second-order valence-corrected chi connectivity index (χ2v) is 5.58. The number of carbonyl (C=O) groups excluding carboxylic acids is 2. The van der Waals surface area contributed by atoms with Gasteiger partial charge in [-0.1, -0.05) is 15.6 Å². The molecule has 0 rings (SSSR count). The van der Waals surface area contributed by atoms with E-state index >= 15 is 0 Å². The number of carbonyl (C=O) groups is 2. The van der Waals surface area contributed by atoms with E-state index in [0.29, 0.717) is 0 Å². The van der Waals surface area contributed by atoms with Gasteiger partial charge in [-0.25, -0.2) is 4.79 Å². The molecule has 1 unspecified atom stereocenters. The van der Waals surface area contributed by atoms with E-state index in [1.807, 2.05) is 0 Å². The van der Waals surface area contributed by atoms with Crippen molar-refractivity contribution in [2.75, 3.05) is 13.6 Å². The van der Waals surface area contributed by atoms with Crippen LogP contribution in [0.25, 0.3) is 0 Å². The van der Waals surface area contributed by atoms with Gasteiger partial charge in [0.15, 0.2) is 0 Å². The predicted octanol–water partition coefficient (Wildman–Crippen LogP) is 2.30. The molecular weight excluding hydrogens is 275 g/mol. The van der Waals surface area contributed by atoms with E-state index in [0.717, 1.165) is 0 Å². The Bertz CT molecular complexity index is 370. The molecule has 0 amide bonds. The van der Waals surface area contributed by atoms with Crippen molar-refractivity contribution in [3.8, 4) is 0 Å². The van der Waals surface area contributed by atoms with Gasteiger partial charge in [-0.2, -0.15) is 0 Å². The van der Waals surface area contributed by atoms with Gasteiger partial charge in [-0.15, -0.1) is 0 Å². The molecule has 1 atom stereocenters. The number of esters is 2. The van der Waals surface area contributed by atoms with Crippen LogP contribution in [0.15, 0.2) is 12.2 Å². The van der Waals surface area contributed by atoms with Crippen LogP contribution in [-0.2, 0) is 32.7 Å². The van der Waals surface area contributed by atoms with E-state index in [4.69, 9.17) is 4.74 Å². The molecule has 0 fully saturated rings. The quantitative estimate of drug-likeness (QED) is 0.308. The first-order chi connectivity index (χ1) is 8.64. The van der Waals surface area contributed by atoms with E-state index in [9.17, 15) is 14.2 Å². The van der Waals surface area contributed by atoms with Crippen molar-refractivity contribution in [3.05, 3.63) is 12.2 Å². The number of hydrogen-bond donors (Lipinski definition) is 0. The van der Waals surface area contributed by atoms with Crippen LogP contribution in [0.3, 0.4) is 0 Å². The summed E-state index contributed by atoms with van der Waals surface area (Å²) in [6.45, 7) is 8.79. The van der Waals surface area contributed by atoms with Crippen molar-refractivity contribution < 1.29 is 32.7 Å². The lowest BCUT2D eigenvalue weighted by atomic mass is 9.98. The smallest absolute Gasteiger partial charge is 0.433 e. The molecule has 0 bridgehead atoms. The van der Waals surface area contributed by atoms with Crippen LogP contribution in [0, 0.1) is 5.41 Å². The maximum absolute atomic E-state index is 11.3. The molecule has 0 N–H and O–H groups in total. The van der Waals surface area contributed by atoms with Crippen LogP contribution in [-0.4, -0.2) is 25.5 Å². The third kappa shape index (κ3) is 8.42. The summed E-state index contributed by atoms with van der Waals surface area (Å²) in [5, 5.41) is 0. The second kappa shape index (κ2) is 7.99. The van der Waals surface area contributed by atoms with E-state index < -0.39 is 39.2 Å². The number of ether oxygens (including phenoxy) is 2. The van der Waals surface area contributed by atoms with Crippen molar-refractivity contribution in [3.63, 3.8) is 0 Å². The molecule has 0 aromatic heterocycles. The van der Waals surface area contributed by atoms with Gasteiger partial charge < -0.3 is 9.47 Å². The molecule has 0 saturated carbocycles. The molecular formula is C11H18O7P+. The summed E-state index contributed by atoms with van der Waals surface area (Å²) in [4.78, 5) is 22.2. The highest BCUT2D eigenvalue weighted by Crippen LogP contribution is 2.24. The number of rotatable bonds is 7. The zero-order valence-electron chi connectivity index (χ0n) is 11.4. The Balaban J connectivity index is 3.75. The molecule has 108 valence electrons. The minimum absolute atomic E-state index is 0.193. The standard InChI is InChI=1S/C11H18O7P/c1-8(2)9(12)15-6-17-19(14)18-7-16-10(13)11(3,4)5/h1,6-7H2,2-5H3/q+1. The Morgan fingerprint density at radius 2 is 1.58 bits per heavy atom. The highest BCUT2D eigenvalue weighted by molar-refractivity contribution is 7.33. The molecule has 0 aliphatic carbocycles. The van der Waals surface area contributed by atoms with Gasteiger partial charge in [0.25, 0.3) is 0 Å². The highest BCUT2D eigenvalue weighted by Gasteiger charge is 2.26. The fourth-order valence-electron chi connectivity index (χ4n) is 0.623. The Hall–Kier alpha value is -1.30. The van der Waals surface area contributed by atoms with Gasteiger partial charge in [0.05, 0.1) is 5.41 Å². The van der Waals surface area contributed by atoms with Crippen molar-refractivity contribution in [1.82, 2.24) is 0 Å². The van der Waals surface area contributed by atoms with Crippen molar-refractivity contribution in [2.45, 2.75) is 27.7 Å². The molecule has 0 heterocycles. The van der Waals surface area contributed by atoms with Crippen LogP contribution in [0.1, 0.15) is 27.7 Å². The highest BCUT2D eigenvalue weighted by atomic mass is 31.1. The molecule has 0 aromatic rings. The molecule has 0 saturated heterocycles. The molecule has 8 heteroatoms. The van der Waals surface area contributed by atoms with Gasteiger partial charge in [0, 0.05) is 10.1 Å². The Morgan fingerprint density at radius 3 is 2.00 bits per heavy atom.